The Kier molecular flexibility index (Phi) is 5.91. The third-order valence-corrected chi connectivity index (χ3v) is 5.75. The smallest absolute Gasteiger partial charge is 0.282 e. The summed E-state index contributed by atoms with van der Waals surface area (Å²) in [6.45, 7) is 5.15. The molecule has 6 heteroatoms. The van der Waals surface area contributed by atoms with Gasteiger partial charge in [0, 0.05) is 26.2 Å². The Hall–Kier alpha value is -1.66. The number of piperidine rings is 1. The summed E-state index contributed by atoms with van der Waals surface area (Å²) < 4.78 is 1.84. The number of hydrogen-bond acceptors (Lipinski definition) is 4. The largest absolute Gasteiger partial charge is 0.379 e. The van der Waals surface area contributed by atoms with E-state index in [0.717, 1.165) is 12.2 Å². The first kappa shape index (κ1) is 18.1. The minimum Gasteiger partial charge on any atom is -0.379 e. The monoisotopic (exact) mass is 404 g/mol. The second-order valence-corrected chi connectivity index (χ2v) is 7.53. The van der Waals surface area contributed by atoms with Crippen LogP contribution in [0.3, 0.4) is 0 Å². The number of likely N-dealkylation sites (tertiary alicyclic amines) is 1. The summed E-state index contributed by atoms with van der Waals surface area (Å²) in [6.07, 6.45) is 5.59. The van der Waals surface area contributed by atoms with Gasteiger partial charge in [-0.05, 0) is 53.4 Å². The van der Waals surface area contributed by atoms with E-state index in [2.05, 4.69) is 62.4 Å². The minimum absolute atomic E-state index is 0.138. The van der Waals surface area contributed by atoms with E-state index < -0.39 is 0 Å². The van der Waals surface area contributed by atoms with Gasteiger partial charge in [-0.25, -0.2) is 4.68 Å². The van der Waals surface area contributed by atoms with Crippen LogP contribution in [0.5, 0.6) is 0 Å². The molecule has 3 rings (SSSR count). The molecular weight excluding hydrogens is 380 g/mol. The molecule has 0 saturated carbocycles. The van der Waals surface area contributed by atoms with Crippen molar-refractivity contribution in [1.29, 1.82) is 0 Å². The number of nitrogens with one attached hydrogen (secondary N) is 1. The highest BCUT2D eigenvalue weighted by molar-refractivity contribution is 9.10. The molecule has 1 fully saturated rings. The van der Waals surface area contributed by atoms with Gasteiger partial charge in [-0.15, -0.1) is 0 Å². The fourth-order valence-corrected chi connectivity index (χ4v) is 3.82. The van der Waals surface area contributed by atoms with Crippen molar-refractivity contribution in [3.05, 3.63) is 56.4 Å². The van der Waals surface area contributed by atoms with E-state index in [1.54, 1.807) is 13.2 Å². The number of aryl methyl sites for hydroxylation is 1. The maximum atomic E-state index is 12.0. The lowest BCUT2D eigenvalue weighted by molar-refractivity contribution is 0.152. The van der Waals surface area contributed by atoms with E-state index in [-0.39, 0.29) is 5.56 Å². The van der Waals surface area contributed by atoms with E-state index in [9.17, 15) is 4.79 Å². The topological polar surface area (TPSA) is 50.2 Å². The number of benzene rings is 1. The number of nitrogens with zero attached hydrogens (tertiary/aromatic N) is 3. The molecule has 1 aromatic carbocycles. The average molecular weight is 405 g/mol. The van der Waals surface area contributed by atoms with Crippen LogP contribution in [-0.2, 0) is 20.1 Å². The van der Waals surface area contributed by atoms with Gasteiger partial charge < -0.3 is 5.32 Å². The molecule has 1 atom stereocenters. The number of hydrogen-bond donors (Lipinski definition) is 1. The third-order valence-electron chi connectivity index (χ3n) is 4.98. The van der Waals surface area contributed by atoms with Crippen LogP contribution in [0, 0.1) is 0 Å². The average Bonchev–Trinajstić information content (AvgIpc) is 2.62. The highest BCUT2D eigenvalue weighted by Gasteiger charge is 2.19. The Labute approximate surface area is 157 Å². The molecule has 0 spiro atoms. The summed E-state index contributed by atoms with van der Waals surface area (Å²) in [7, 11) is 1.64. The zero-order valence-corrected chi connectivity index (χ0v) is 16.4. The molecule has 0 aliphatic carbocycles. The Morgan fingerprint density at radius 2 is 2.04 bits per heavy atom. The Bertz CT molecular complexity index is 789. The standard InChI is InChI=1S/C19H25BrN4O/c1-14-7-5-6-10-24(14)13-16-9-4-3-8-15(16)11-21-17-12-22-23(2)19(25)18(17)20/h3-4,8-9,12,14,21H,5-7,10-11,13H2,1-2H3. The molecule has 134 valence electrons. The first-order valence-electron chi connectivity index (χ1n) is 8.83. The second kappa shape index (κ2) is 8.15. The van der Waals surface area contributed by atoms with Crippen molar-refractivity contribution in [3.8, 4) is 0 Å². The van der Waals surface area contributed by atoms with Crippen LogP contribution in [-0.4, -0.2) is 27.3 Å². The summed E-state index contributed by atoms with van der Waals surface area (Å²) in [5.41, 5.74) is 3.19. The van der Waals surface area contributed by atoms with Crippen LogP contribution < -0.4 is 10.9 Å². The molecule has 5 nitrogen and oxygen atoms in total. The molecule has 1 unspecified atom stereocenters. The van der Waals surface area contributed by atoms with Gasteiger partial charge in [0.25, 0.3) is 5.56 Å². The van der Waals surface area contributed by atoms with Crippen LogP contribution in [0.1, 0.15) is 37.3 Å². The lowest BCUT2D eigenvalue weighted by Gasteiger charge is -2.33. The molecule has 25 heavy (non-hydrogen) atoms. The van der Waals surface area contributed by atoms with Crippen molar-refractivity contribution in [1.82, 2.24) is 14.7 Å². The number of aromatic nitrogens is 2. The summed E-state index contributed by atoms with van der Waals surface area (Å²) in [5, 5.41) is 7.43. The Morgan fingerprint density at radius 3 is 2.80 bits per heavy atom. The number of halogens is 1. The van der Waals surface area contributed by atoms with E-state index >= 15 is 0 Å². The molecule has 0 radical (unpaired) electrons. The van der Waals surface area contributed by atoms with Gasteiger partial charge in [0.05, 0.1) is 11.9 Å². The SMILES string of the molecule is CC1CCCCN1Cc1ccccc1CNc1cnn(C)c(=O)c1Br. The number of anilines is 1. The molecule has 0 bridgehead atoms. The van der Waals surface area contributed by atoms with Crippen LogP contribution >= 0.6 is 15.9 Å². The van der Waals surface area contributed by atoms with Crippen molar-refractivity contribution in [2.75, 3.05) is 11.9 Å². The molecule has 1 aromatic heterocycles. The first-order chi connectivity index (χ1) is 12.1. The van der Waals surface area contributed by atoms with E-state index in [0.29, 0.717) is 17.1 Å². The van der Waals surface area contributed by atoms with Gasteiger partial charge in [0.15, 0.2) is 0 Å². The number of rotatable bonds is 5. The van der Waals surface area contributed by atoms with E-state index in [1.807, 2.05) is 0 Å². The van der Waals surface area contributed by atoms with Gasteiger partial charge in [-0.3, -0.25) is 9.69 Å². The van der Waals surface area contributed by atoms with Gasteiger partial charge in [-0.1, -0.05) is 30.7 Å². The lowest BCUT2D eigenvalue weighted by atomic mass is 10.0. The quantitative estimate of drug-likeness (QED) is 0.827. The Morgan fingerprint density at radius 1 is 1.28 bits per heavy atom. The molecule has 0 amide bonds. The van der Waals surface area contributed by atoms with Crippen molar-refractivity contribution in [3.63, 3.8) is 0 Å². The molecule has 2 aromatic rings. The fraction of sp³-hybridized carbons (Fsp3) is 0.474. The van der Waals surface area contributed by atoms with E-state index in [4.69, 9.17) is 0 Å². The predicted octanol–water partition coefficient (Wildman–Crippen LogP) is 3.53. The van der Waals surface area contributed by atoms with Crippen LogP contribution in [0.4, 0.5) is 5.69 Å². The second-order valence-electron chi connectivity index (χ2n) is 6.74. The zero-order valence-electron chi connectivity index (χ0n) is 14.8. The van der Waals surface area contributed by atoms with Crippen LogP contribution in [0.25, 0.3) is 0 Å². The van der Waals surface area contributed by atoms with Gasteiger partial charge in [0.1, 0.15) is 4.47 Å². The zero-order chi connectivity index (χ0) is 17.8. The predicted molar refractivity (Wildman–Crippen MR) is 105 cm³/mol. The van der Waals surface area contributed by atoms with Crippen molar-refractivity contribution in [2.24, 2.45) is 7.05 Å². The maximum absolute atomic E-state index is 12.0. The van der Waals surface area contributed by atoms with E-state index in [1.165, 1.54) is 41.6 Å². The van der Waals surface area contributed by atoms with Crippen molar-refractivity contribution in [2.45, 2.75) is 45.3 Å². The molecule has 1 saturated heterocycles. The Balaban J connectivity index is 1.73. The summed E-state index contributed by atoms with van der Waals surface area (Å²) in [4.78, 5) is 14.5. The molecular formula is C19H25BrN4O. The normalized spacial score (nSPS) is 18.3. The molecule has 1 N–H and O–H groups in total. The lowest BCUT2D eigenvalue weighted by Crippen LogP contribution is -2.37. The van der Waals surface area contributed by atoms with Gasteiger partial charge in [0.2, 0.25) is 0 Å². The molecule has 1 aliphatic heterocycles. The molecule has 2 heterocycles. The van der Waals surface area contributed by atoms with Crippen molar-refractivity contribution < 1.29 is 0 Å². The van der Waals surface area contributed by atoms with Gasteiger partial charge >= 0.3 is 0 Å². The third kappa shape index (κ3) is 4.30. The van der Waals surface area contributed by atoms with Crippen LogP contribution in [0.15, 0.2) is 39.7 Å². The maximum Gasteiger partial charge on any atom is 0.282 e. The summed E-state index contributed by atoms with van der Waals surface area (Å²) in [6, 6.07) is 9.17. The first-order valence-corrected chi connectivity index (χ1v) is 9.62. The van der Waals surface area contributed by atoms with Crippen LogP contribution in [0.2, 0.25) is 0 Å². The van der Waals surface area contributed by atoms with Crippen molar-refractivity contribution >= 4 is 21.6 Å². The highest BCUT2D eigenvalue weighted by atomic mass is 79.9. The van der Waals surface area contributed by atoms with Gasteiger partial charge in [-0.2, -0.15) is 5.10 Å². The minimum atomic E-state index is -0.138. The molecule has 1 aliphatic rings. The summed E-state index contributed by atoms with van der Waals surface area (Å²) in [5.74, 6) is 0. The fourth-order valence-electron chi connectivity index (χ4n) is 3.32. The summed E-state index contributed by atoms with van der Waals surface area (Å²) >= 11 is 3.37. The highest BCUT2D eigenvalue weighted by Crippen LogP contribution is 2.22.